The molecular formula is C20H19F3N2O3. The van der Waals surface area contributed by atoms with Gasteiger partial charge in [0, 0.05) is 31.0 Å². The Balaban J connectivity index is 1.53. The third-order valence-corrected chi connectivity index (χ3v) is 4.52. The molecule has 0 bridgehead atoms. The van der Waals surface area contributed by atoms with E-state index in [9.17, 15) is 22.8 Å². The number of carbonyl (C=O) groups is 2. The predicted molar refractivity (Wildman–Crippen MR) is 95.4 cm³/mol. The molecule has 1 aromatic heterocycles. The SMILES string of the molecule is O=C(OCCCc1cccnc1)C1CC(=O)N(c2cccc(C(F)(F)F)c2)C1. The van der Waals surface area contributed by atoms with Crippen LogP contribution in [0.5, 0.6) is 0 Å². The smallest absolute Gasteiger partial charge is 0.416 e. The van der Waals surface area contributed by atoms with Crippen LogP contribution < -0.4 is 4.90 Å². The second kappa shape index (κ2) is 8.41. The molecule has 1 aromatic carbocycles. The number of benzene rings is 1. The first kappa shape index (κ1) is 19.9. The molecule has 8 heteroatoms. The van der Waals surface area contributed by atoms with Crippen LogP contribution in [0.2, 0.25) is 0 Å². The molecule has 0 N–H and O–H groups in total. The number of aromatic nitrogens is 1. The van der Waals surface area contributed by atoms with Crippen molar-refractivity contribution >= 4 is 17.6 Å². The van der Waals surface area contributed by atoms with Gasteiger partial charge in [-0.3, -0.25) is 14.6 Å². The van der Waals surface area contributed by atoms with E-state index in [4.69, 9.17) is 4.74 Å². The summed E-state index contributed by atoms with van der Waals surface area (Å²) in [5.41, 5.74) is 0.330. The van der Waals surface area contributed by atoms with Gasteiger partial charge < -0.3 is 9.64 Å². The Morgan fingerprint density at radius 3 is 2.79 bits per heavy atom. The van der Waals surface area contributed by atoms with Crippen molar-refractivity contribution in [3.63, 3.8) is 0 Å². The van der Waals surface area contributed by atoms with E-state index in [1.807, 2.05) is 12.1 Å². The second-order valence-corrected chi connectivity index (χ2v) is 6.59. The zero-order valence-electron chi connectivity index (χ0n) is 15.0. The Morgan fingerprint density at radius 2 is 2.07 bits per heavy atom. The number of anilines is 1. The lowest BCUT2D eigenvalue weighted by Gasteiger charge is -2.18. The molecule has 0 radical (unpaired) electrons. The molecule has 2 aromatic rings. The van der Waals surface area contributed by atoms with Crippen LogP contribution in [0.25, 0.3) is 0 Å². The fourth-order valence-electron chi connectivity index (χ4n) is 3.08. The van der Waals surface area contributed by atoms with Crippen LogP contribution in [-0.4, -0.2) is 30.0 Å². The minimum atomic E-state index is -4.49. The summed E-state index contributed by atoms with van der Waals surface area (Å²) in [6.45, 7) is 0.226. The first-order valence-electron chi connectivity index (χ1n) is 8.88. The lowest BCUT2D eigenvalue weighted by molar-refractivity contribution is -0.148. The standard InChI is InChI=1S/C20H19F3N2O3/c21-20(22,23)16-6-1-7-17(11-16)25-13-15(10-18(25)26)19(27)28-9-3-5-14-4-2-8-24-12-14/h1-2,4,6-8,11-12,15H,3,5,9-10,13H2. The highest BCUT2D eigenvalue weighted by atomic mass is 19.4. The summed E-state index contributed by atoms with van der Waals surface area (Å²) in [6.07, 6.45) is 0.181. The van der Waals surface area contributed by atoms with E-state index in [0.29, 0.717) is 12.8 Å². The monoisotopic (exact) mass is 392 g/mol. The number of carbonyl (C=O) groups excluding carboxylic acids is 2. The summed E-state index contributed by atoms with van der Waals surface area (Å²) in [5, 5.41) is 0. The Labute approximate surface area is 160 Å². The van der Waals surface area contributed by atoms with Crippen LogP contribution >= 0.6 is 0 Å². The van der Waals surface area contributed by atoms with Crippen molar-refractivity contribution in [2.24, 2.45) is 5.92 Å². The Kier molecular flexibility index (Phi) is 5.96. The zero-order chi connectivity index (χ0) is 20.1. The average Bonchev–Trinajstić information content (AvgIpc) is 3.07. The van der Waals surface area contributed by atoms with E-state index in [2.05, 4.69) is 4.98 Å². The number of hydrogen-bond donors (Lipinski definition) is 0. The Morgan fingerprint density at radius 1 is 1.25 bits per heavy atom. The van der Waals surface area contributed by atoms with Crippen molar-refractivity contribution in [3.8, 4) is 0 Å². The maximum atomic E-state index is 12.9. The molecule has 1 unspecified atom stereocenters. The molecule has 148 valence electrons. The van der Waals surface area contributed by atoms with Gasteiger partial charge >= 0.3 is 12.1 Å². The van der Waals surface area contributed by atoms with Crippen LogP contribution in [0.4, 0.5) is 18.9 Å². The summed E-state index contributed by atoms with van der Waals surface area (Å²) in [5.74, 6) is -1.58. The highest BCUT2D eigenvalue weighted by Gasteiger charge is 2.37. The van der Waals surface area contributed by atoms with Crippen LogP contribution in [0.3, 0.4) is 0 Å². The summed E-state index contributed by atoms with van der Waals surface area (Å²) in [6, 6.07) is 8.28. The molecule has 0 saturated carbocycles. The molecule has 1 saturated heterocycles. The normalized spacial score (nSPS) is 17.0. The van der Waals surface area contributed by atoms with Gasteiger partial charge in [0.25, 0.3) is 0 Å². The van der Waals surface area contributed by atoms with Gasteiger partial charge in [0.1, 0.15) is 0 Å². The van der Waals surface area contributed by atoms with Gasteiger partial charge in [-0.1, -0.05) is 12.1 Å². The number of pyridine rings is 1. The van der Waals surface area contributed by atoms with Gasteiger partial charge in [0.05, 0.1) is 18.1 Å². The van der Waals surface area contributed by atoms with Crippen LogP contribution in [0.1, 0.15) is 24.0 Å². The number of amides is 1. The summed E-state index contributed by atoms with van der Waals surface area (Å²) < 4.78 is 43.9. The molecule has 2 heterocycles. The van der Waals surface area contributed by atoms with Gasteiger partial charge in [-0.05, 0) is 42.7 Å². The molecule has 1 amide bonds. The fourth-order valence-corrected chi connectivity index (χ4v) is 3.08. The van der Waals surface area contributed by atoms with Crippen molar-refractivity contribution < 1.29 is 27.5 Å². The number of nitrogens with zero attached hydrogens (tertiary/aromatic N) is 2. The molecule has 1 atom stereocenters. The number of aryl methyl sites for hydroxylation is 1. The lowest BCUT2D eigenvalue weighted by Crippen LogP contribution is -2.26. The molecule has 5 nitrogen and oxygen atoms in total. The first-order chi connectivity index (χ1) is 13.3. The number of alkyl halides is 3. The van der Waals surface area contributed by atoms with Gasteiger partial charge in [0.15, 0.2) is 0 Å². The largest absolute Gasteiger partial charge is 0.465 e. The molecular weight excluding hydrogens is 373 g/mol. The van der Waals surface area contributed by atoms with Gasteiger partial charge in [-0.25, -0.2) is 0 Å². The van der Waals surface area contributed by atoms with Crippen LogP contribution in [0.15, 0.2) is 48.8 Å². The van der Waals surface area contributed by atoms with E-state index < -0.39 is 29.5 Å². The number of esters is 1. The minimum absolute atomic E-state index is 0.0155. The predicted octanol–water partition coefficient (Wildman–Crippen LogP) is 3.63. The molecule has 0 spiro atoms. The average molecular weight is 392 g/mol. The van der Waals surface area contributed by atoms with Crippen molar-refractivity contribution in [1.29, 1.82) is 0 Å². The molecule has 1 aliphatic rings. The molecule has 28 heavy (non-hydrogen) atoms. The van der Waals surface area contributed by atoms with Crippen molar-refractivity contribution in [3.05, 3.63) is 59.9 Å². The molecule has 1 fully saturated rings. The van der Waals surface area contributed by atoms with Crippen LogP contribution in [-0.2, 0) is 26.9 Å². The third kappa shape index (κ3) is 4.88. The van der Waals surface area contributed by atoms with Gasteiger partial charge in [-0.2, -0.15) is 13.2 Å². The van der Waals surface area contributed by atoms with Crippen molar-refractivity contribution in [2.45, 2.75) is 25.4 Å². The minimum Gasteiger partial charge on any atom is -0.465 e. The number of ether oxygens (including phenoxy) is 1. The maximum absolute atomic E-state index is 12.9. The van der Waals surface area contributed by atoms with E-state index in [1.165, 1.54) is 17.0 Å². The third-order valence-electron chi connectivity index (χ3n) is 4.52. The quantitative estimate of drug-likeness (QED) is 0.557. The highest BCUT2D eigenvalue weighted by molar-refractivity contribution is 5.99. The Hall–Kier alpha value is -2.90. The van der Waals surface area contributed by atoms with E-state index >= 15 is 0 Å². The topological polar surface area (TPSA) is 59.5 Å². The molecule has 1 aliphatic heterocycles. The number of hydrogen-bond acceptors (Lipinski definition) is 4. The van der Waals surface area contributed by atoms with E-state index in [1.54, 1.807) is 12.4 Å². The summed E-state index contributed by atoms with van der Waals surface area (Å²) in [4.78, 5) is 29.6. The number of halogens is 3. The Bertz CT molecular complexity index is 840. The fraction of sp³-hybridized carbons (Fsp3) is 0.350. The maximum Gasteiger partial charge on any atom is 0.416 e. The number of rotatable bonds is 6. The second-order valence-electron chi connectivity index (χ2n) is 6.59. The van der Waals surface area contributed by atoms with Gasteiger partial charge in [0.2, 0.25) is 5.91 Å². The molecule has 3 rings (SSSR count). The zero-order valence-corrected chi connectivity index (χ0v) is 15.0. The summed E-state index contributed by atoms with van der Waals surface area (Å²) in [7, 11) is 0. The first-order valence-corrected chi connectivity index (χ1v) is 8.88. The van der Waals surface area contributed by atoms with Crippen molar-refractivity contribution in [2.75, 3.05) is 18.1 Å². The van der Waals surface area contributed by atoms with Crippen LogP contribution in [0, 0.1) is 5.92 Å². The van der Waals surface area contributed by atoms with E-state index in [0.717, 1.165) is 17.7 Å². The molecule has 0 aliphatic carbocycles. The summed E-state index contributed by atoms with van der Waals surface area (Å²) >= 11 is 0. The van der Waals surface area contributed by atoms with E-state index in [-0.39, 0.29) is 25.3 Å². The highest BCUT2D eigenvalue weighted by Crippen LogP contribution is 2.33. The van der Waals surface area contributed by atoms with Crippen molar-refractivity contribution in [1.82, 2.24) is 4.98 Å². The lowest BCUT2D eigenvalue weighted by atomic mass is 10.1. The van der Waals surface area contributed by atoms with Gasteiger partial charge in [-0.15, -0.1) is 0 Å².